The zero-order chi connectivity index (χ0) is 20.2. The van der Waals surface area contributed by atoms with Gasteiger partial charge in [0.05, 0.1) is 12.0 Å². The maximum absolute atomic E-state index is 12.6. The molecule has 4 nitrogen and oxygen atoms in total. The lowest BCUT2D eigenvalue weighted by molar-refractivity contribution is -0.139. The summed E-state index contributed by atoms with van der Waals surface area (Å²) >= 11 is 0. The van der Waals surface area contributed by atoms with Crippen LogP contribution in [0.25, 0.3) is 11.1 Å². The number of rotatable bonds is 5. The quantitative estimate of drug-likeness (QED) is 0.465. The molecule has 0 radical (unpaired) electrons. The summed E-state index contributed by atoms with van der Waals surface area (Å²) in [6, 6.07) is 27.3. The first-order valence-electron chi connectivity index (χ1n) is 9.83. The Labute approximate surface area is 170 Å². The lowest BCUT2D eigenvalue weighted by Crippen LogP contribution is -2.30. The number of carbonyl (C=O) groups is 2. The van der Waals surface area contributed by atoms with E-state index in [0.717, 1.165) is 16.7 Å². The van der Waals surface area contributed by atoms with E-state index in [-0.39, 0.29) is 24.3 Å². The molecule has 29 heavy (non-hydrogen) atoms. The summed E-state index contributed by atoms with van der Waals surface area (Å²) in [5.41, 5.74) is 3.23. The summed E-state index contributed by atoms with van der Waals surface area (Å²) in [4.78, 5) is 26.9. The first-order chi connectivity index (χ1) is 14.1. The predicted octanol–water partition coefficient (Wildman–Crippen LogP) is 4.87. The first-order valence-corrected chi connectivity index (χ1v) is 9.83. The molecular weight excluding hydrogens is 362 g/mol. The van der Waals surface area contributed by atoms with Gasteiger partial charge in [-0.15, -0.1) is 0 Å². The SMILES string of the molecule is C[C@@H](c1ccccc1)N1C[C@H](C(=O)Oc2ccc(-c3ccccc3)cc2)CC1=O. The van der Waals surface area contributed by atoms with E-state index < -0.39 is 5.92 Å². The standard InChI is InChI=1S/C25H23NO3/c1-18(19-8-4-2-5-9-19)26-17-22(16-24(26)27)25(28)29-23-14-12-21(13-15-23)20-10-6-3-7-11-20/h2-15,18,22H,16-17H2,1H3/t18-,22+/m0/s1. The van der Waals surface area contributed by atoms with Crippen molar-refractivity contribution in [1.82, 2.24) is 4.90 Å². The number of ether oxygens (including phenoxy) is 1. The van der Waals surface area contributed by atoms with Crippen molar-refractivity contribution in [2.45, 2.75) is 19.4 Å². The number of likely N-dealkylation sites (tertiary alicyclic amines) is 1. The molecule has 0 aliphatic carbocycles. The highest BCUT2D eigenvalue weighted by molar-refractivity contribution is 5.88. The highest BCUT2D eigenvalue weighted by Crippen LogP contribution is 2.30. The van der Waals surface area contributed by atoms with Gasteiger partial charge in [0, 0.05) is 13.0 Å². The molecule has 0 aromatic heterocycles. The Morgan fingerprint density at radius 2 is 1.48 bits per heavy atom. The normalized spacial score (nSPS) is 17.2. The third-order valence-corrected chi connectivity index (χ3v) is 5.42. The molecule has 1 saturated heterocycles. The Kier molecular flexibility index (Phi) is 5.43. The van der Waals surface area contributed by atoms with Crippen molar-refractivity contribution in [2.24, 2.45) is 5.92 Å². The fourth-order valence-electron chi connectivity index (χ4n) is 3.72. The monoisotopic (exact) mass is 385 g/mol. The molecule has 146 valence electrons. The van der Waals surface area contributed by atoms with E-state index in [9.17, 15) is 9.59 Å². The van der Waals surface area contributed by atoms with E-state index in [4.69, 9.17) is 4.74 Å². The molecule has 0 unspecified atom stereocenters. The third-order valence-electron chi connectivity index (χ3n) is 5.42. The Morgan fingerprint density at radius 3 is 2.14 bits per heavy atom. The van der Waals surface area contributed by atoms with Crippen LogP contribution in [0.4, 0.5) is 0 Å². The topological polar surface area (TPSA) is 46.6 Å². The van der Waals surface area contributed by atoms with Crippen LogP contribution in [0.1, 0.15) is 24.9 Å². The van der Waals surface area contributed by atoms with Gasteiger partial charge in [-0.05, 0) is 35.7 Å². The van der Waals surface area contributed by atoms with E-state index in [2.05, 4.69) is 0 Å². The van der Waals surface area contributed by atoms with Crippen LogP contribution in [-0.4, -0.2) is 23.3 Å². The molecule has 4 heteroatoms. The maximum atomic E-state index is 12.6. The second kappa shape index (κ2) is 8.31. The molecule has 0 N–H and O–H groups in total. The van der Waals surface area contributed by atoms with Gasteiger partial charge < -0.3 is 9.64 Å². The summed E-state index contributed by atoms with van der Waals surface area (Å²) in [6.07, 6.45) is 0.193. The van der Waals surface area contributed by atoms with Gasteiger partial charge >= 0.3 is 5.97 Å². The molecule has 0 spiro atoms. The lowest BCUT2D eigenvalue weighted by atomic mass is 10.1. The van der Waals surface area contributed by atoms with Crippen LogP contribution in [0.5, 0.6) is 5.75 Å². The van der Waals surface area contributed by atoms with Crippen molar-refractivity contribution in [1.29, 1.82) is 0 Å². The molecule has 1 aliphatic heterocycles. The van der Waals surface area contributed by atoms with Crippen LogP contribution in [-0.2, 0) is 9.59 Å². The van der Waals surface area contributed by atoms with Crippen LogP contribution in [0.15, 0.2) is 84.9 Å². The fraction of sp³-hybridized carbons (Fsp3) is 0.200. The number of hydrogen-bond acceptors (Lipinski definition) is 3. The number of hydrogen-bond donors (Lipinski definition) is 0. The van der Waals surface area contributed by atoms with Crippen molar-refractivity contribution < 1.29 is 14.3 Å². The Morgan fingerprint density at radius 1 is 0.897 bits per heavy atom. The van der Waals surface area contributed by atoms with Gasteiger partial charge in [0.2, 0.25) is 5.91 Å². The average molecular weight is 385 g/mol. The summed E-state index contributed by atoms with van der Waals surface area (Å²) in [5.74, 6) is -0.310. The predicted molar refractivity (Wildman–Crippen MR) is 112 cm³/mol. The van der Waals surface area contributed by atoms with Gasteiger partial charge in [-0.1, -0.05) is 72.8 Å². The van der Waals surface area contributed by atoms with Crippen molar-refractivity contribution in [3.63, 3.8) is 0 Å². The number of esters is 1. The average Bonchev–Trinajstić information content (AvgIpc) is 3.17. The van der Waals surface area contributed by atoms with E-state index in [1.807, 2.05) is 79.7 Å². The third kappa shape index (κ3) is 4.21. The molecular formula is C25H23NO3. The highest BCUT2D eigenvalue weighted by atomic mass is 16.5. The minimum atomic E-state index is -0.442. The van der Waals surface area contributed by atoms with Crippen LogP contribution in [0.2, 0.25) is 0 Å². The van der Waals surface area contributed by atoms with E-state index in [1.165, 1.54) is 0 Å². The van der Waals surface area contributed by atoms with Crippen molar-refractivity contribution in [3.05, 3.63) is 90.5 Å². The molecule has 1 fully saturated rings. The summed E-state index contributed by atoms with van der Waals surface area (Å²) in [5, 5.41) is 0. The zero-order valence-corrected chi connectivity index (χ0v) is 16.3. The Balaban J connectivity index is 1.40. The summed E-state index contributed by atoms with van der Waals surface area (Å²) < 4.78 is 5.55. The molecule has 1 amide bonds. The minimum absolute atomic E-state index is 0.0114. The lowest BCUT2D eigenvalue weighted by Gasteiger charge is -2.25. The molecule has 2 atom stereocenters. The number of benzene rings is 3. The molecule has 0 bridgehead atoms. The van der Waals surface area contributed by atoms with Crippen LogP contribution in [0, 0.1) is 5.92 Å². The van der Waals surface area contributed by atoms with Crippen LogP contribution >= 0.6 is 0 Å². The molecule has 3 aromatic carbocycles. The smallest absolute Gasteiger partial charge is 0.316 e. The second-order valence-electron chi connectivity index (χ2n) is 7.35. The van der Waals surface area contributed by atoms with Gasteiger partial charge in [-0.25, -0.2) is 0 Å². The first kappa shape index (κ1) is 18.9. The molecule has 0 saturated carbocycles. The second-order valence-corrected chi connectivity index (χ2v) is 7.35. The van der Waals surface area contributed by atoms with Crippen molar-refractivity contribution in [3.8, 4) is 16.9 Å². The number of amides is 1. The molecule has 1 heterocycles. The molecule has 3 aromatic rings. The van der Waals surface area contributed by atoms with Gasteiger partial charge in [-0.2, -0.15) is 0 Å². The van der Waals surface area contributed by atoms with Gasteiger partial charge in [0.15, 0.2) is 0 Å². The van der Waals surface area contributed by atoms with E-state index >= 15 is 0 Å². The van der Waals surface area contributed by atoms with Crippen LogP contribution in [0.3, 0.4) is 0 Å². The van der Waals surface area contributed by atoms with Gasteiger partial charge in [-0.3, -0.25) is 9.59 Å². The number of nitrogens with zero attached hydrogens (tertiary/aromatic N) is 1. The molecule has 1 aliphatic rings. The summed E-state index contributed by atoms with van der Waals surface area (Å²) in [6.45, 7) is 2.37. The van der Waals surface area contributed by atoms with Crippen LogP contribution < -0.4 is 4.74 Å². The van der Waals surface area contributed by atoms with Crippen molar-refractivity contribution >= 4 is 11.9 Å². The Hall–Kier alpha value is -3.40. The maximum Gasteiger partial charge on any atom is 0.316 e. The molecule has 4 rings (SSSR count). The van der Waals surface area contributed by atoms with E-state index in [1.54, 1.807) is 17.0 Å². The fourth-order valence-corrected chi connectivity index (χ4v) is 3.72. The summed E-state index contributed by atoms with van der Waals surface area (Å²) in [7, 11) is 0. The largest absolute Gasteiger partial charge is 0.426 e. The van der Waals surface area contributed by atoms with Gasteiger partial charge in [0.25, 0.3) is 0 Å². The van der Waals surface area contributed by atoms with Crippen molar-refractivity contribution in [2.75, 3.05) is 6.54 Å². The van der Waals surface area contributed by atoms with E-state index in [0.29, 0.717) is 12.3 Å². The minimum Gasteiger partial charge on any atom is -0.426 e. The Bertz CT molecular complexity index is 984. The number of carbonyl (C=O) groups excluding carboxylic acids is 2. The highest BCUT2D eigenvalue weighted by Gasteiger charge is 2.38. The zero-order valence-electron chi connectivity index (χ0n) is 16.3. The van der Waals surface area contributed by atoms with Gasteiger partial charge in [0.1, 0.15) is 5.75 Å².